The Kier molecular flexibility index (Phi) is 8.93. The van der Waals surface area contributed by atoms with Crippen molar-refractivity contribution in [2.45, 2.75) is 92.6 Å². The van der Waals surface area contributed by atoms with Crippen molar-refractivity contribution in [3.8, 4) is 11.5 Å². The quantitative estimate of drug-likeness (QED) is 0.256. The molecule has 0 radical (unpaired) electrons. The first-order chi connectivity index (χ1) is 20.9. The molecule has 2 aliphatic carbocycles. The van der Waals surface area contributed by atoms with Gasteiger partial charge in [-0.1, -0.05) is 58.9 Å². The molecule has 2 aromatic carbocycles. The van der Waals surface area contributed by atoms with Crippen LogP contribution in [0.25, 0.3) is 0 Å². The summed E-state index contributed by atoms with van der Waals surface area (Å²) in [5, 5.41) is 0. The standard InChI is InChI=1S/C38H46FNO4/c1-8-12-25-17-26(18-32(43-10-3)36(25)44-23-24-13-11-14-27(39)16-24)33-34-28(19-37(4,5)21-30(34)41)40(15-9-2)29-20-38(6,7)22-31(42)35(29)33/h8,11,13-14,16-18,33H,1,9-10,12,15,19-23H2,2-7H3. The summed E-state index contributed by atoms with van der Waals surface area (Å²) in [6.45, 7) is 18.0. The molecule has 0 N–H and O–H groups in total. The van der Waals surface area contributed by atoms with Crippen molar-refractivity contribution in [1.29, 1.82) is 0 Å². The molecule has 0 atom stereocenters. The van der Waals surface area contributed by atoms with Crippen LogP contribution >= 0.6 is 0 Å². The number of halogens is 1. The number of ether oxygens (including phenoxy) is 2. The molecule has 5 rings (SSSR count). The van der Waals surface area contributed by atoms with Crippen molar-refractivity contribution in [2.24, 2.45) is 10.8 Å². The number of benzene rings is 2. The highest BCUT2D eigenvalue weighted by Gasteiger charge is 2.49. The van der Waals surface area contributed by atoms with Gasteiger partial charge in [-0.25, -0.2) is 4.39 Å². The predicted octanol–water partition coefficient (Wildman–Crippen LogP) is 8.63. The highest BCUT2D eigenvalue weighted by Crippen LogP contribution is 2.55. The average Bonchev–Trinajstić information content (AvgIpc) is 2.92. The third-order valence-corrected chi connectivity index (χ3v) is 8.89. The summed E-state index contributed by atoms with van der Waals surface area (Å²) in [7, 11) is 0. The van der Waals surface area contributed by atoms with Crippen LogP contribution in [0, 0.1) is 16.6 Å². The molecule has 234 valence electrons. The molecule has 0 amide bonds. The van der Waals surface area contributed by atoms with Crippen LogP contribution in [-0.4, -0.2) is 29.6 Å². The number of ketones is 2. The van der Waals surface area contributed by atoms with Gasteiger partial charge in [-0.15, -0.1) is 6.58 Å². The molecule has 3 aliphatic rings. The largest absolute Gasteiger partial charge is 0.490 e. The Morgan fingerprint density at radius 2 is 1.57 bits per heavy atom. The second kappa shape index (κ2) is 12.4. The fourth-order valence-electron chi connectivity index (χ4n) is 7.24. The lowest BCUT2D eigenvalue weighted by atomic mass is 9.63. The van der Waals surface area contributed by atoms with E-state index in [0.717, 1.165) is 59.5 Å². The van der Waals surface area contributed by atoms with E-state index in [4.69, 9.17) is 9.47 Å². The SMILES string of the molecule is C=CCc1cc(C2C3=C(CC(C)(C)CC3=O)N(CCC)C3=C2C(=O)CC(C)(C)C3)cc(OCC)c1OCc1cccc(F)c1. The van der Waals surface area contributed by atoms with Gasteiger partial charge in [0.25, 0.3) is 0 Å². The van der Waals surface area contributed by atoms with E-state index in [1.165, 1.54) is 12.1 Å². The van der Waals surface area contributed by atoms with Gasteiger partial charge < -0.3 is 14.4 Å². The summed E-state index contributed by atoms with van der Waals surface area (Å²) in [6.07, 6.45) is 5.67. The van der Waals surface area contributed by atoms with E-state index in [9.17, 15) is 14.0 Å². The molecular weight excluding hydrogens is 553 g/mol. The topological polar surface area (TPSA) is 55.8 Å². The maximum absolute atomic E-state index is 14.1. The Labute approximate surface area is 261 Å². The number of carbonyl (C=O) groups is 2. The van der Waals surface area contributed by atoms with Crippen LogP contribution in [0.1, 0.15) is 96.3 Å². The maximum Gasteiger partial charge on any atom is 0.165 e. The van der Waals surface area contributed by atoms with E-state index >= 15 is 0 Å². The molecule has 0 unspecified atom stereocenters. The molecule has 0 fully saturated rings. The minimum Gasteiger partial charge on any atom is -0.490 e. The third-order valence-electron chi connectivity index (χ3n) is 8.89. The molecule has 2 aromatic rings. The van der Waals surface area contributed by atoms with Crippen molar-refractivity contribution in [1.82, 2.24) is 4.90 Å². The number of hydrogen-bond donors (Lipinski definition) is 0. The number of rotatable bonds is 10. The zero-order chi connectivity index (χ0) is 31.8. The zero-order valence-electron chi connectivity index (χ0n) is 27.1. The second-order valence-electron chi connectivity index (χ2n) is 14.0. The molecule has 0 spiro atoms. The van der Waals surface area contributed by atoms with Gasteiger partial charge in [-0.2, -0.15) is 0 Å². The second-order valence-corrected chi connectivity index (χ2v) is 14.0. The van der Waals surface area contributed by atoms with Crippen molar-refractivity contribution in [3.05, 3.63) is 94.1 Å². The van der Waals surface area contributed by atoms with E-state index in [0.29, 0.717) is 42.9 Å². The first kappa shape index (κ1) is 31.7. The molecule has 1 heterocycles. The highest BCUT2D eigenvalue weighted by molar-refractivity contribution is 6.06. The van der Waals surface area contributed by atoms with E-state index in [1.807, 2.05) is 25.1 Å². The number of nitrogens with zero attached hydrogens (tertiary/aromatic N) is 1. The van der Waals surface area contributed by atoms with Crippen molar-refractivity contribution in [2.75, 3.05) is 13.2 Å². The van der Waals surface area contributed by atoms with Gasteiger partial charge in [-0.05, 0) is 72.8 Å². The van der Waals surface area contributed by atoms with Gasteiger partial charge in [0.15, 0.2) is 23.1 Å². The lowest BCUT2D eigenvalue weighted by Crippen LogP contribution is -2.44. The van der Waals surface area contributed by atoms with Gasteiger partial charge in [0.1, 0.15) is 12.4 Å². The third kappa shape index (κ3) is 6.27. The first-order valence-corrected chi connectivity index (χ1v) is 16.0. The van der Waals surface area contributed by atoms with Crippen LogP contribution in [0.4, 0.5) is 4.39 Å². The molecule has 0 saturated carbocycles. The first-order valence-electron chi connectivity index (χ1n) is 16.0. The van der Waals surface area contributed by atoms with Crippen molar-refractivity contribution in [3.63, 3.8) is 0 Å². The maximum atomic E-state index is 14.1. The Morgan fingerprint density at radius 3 is 2.11 bits per heavy atom. The van der Waals surface area contributed by atoms with Crippen LogP contribution in [0.2, 0.25) is 0 Å². The molecule has 0 bridgehead atoms. The fraction of sp³-hybridized carbons (Fsp3) is 0.474. The summed E-state index contributed by atoms with van der Waals surface area (Å²) in [4.78, 5) is 30.6. The normalized spacial score (nSPS) is 19.6. The summed E-state index contributed by atoms with van der Waals surface area (Å²) in [6, 6.07) is 10.4. The van der Waals surface area contributed by atoms with Gasteiger partial charge in [0.2, 0.25) is 0 Å². The Bertz CT molecular complexity index is 1490. The summed E-state index contributed by atoms with van der Waals surface area (Å²) < 4.78 is 26.4. The van der Waals surface area contributed by atoms with Crippen LogP contribution in [0.5, 0.6) is 11.5 Å². The van der Waals surface area contributed by atoms with Gasteiger partial charge in [-0.3, -0.25) is 9.59 Å². The summed E-state index contributed by atoms with van der Waals surface area (Å²) in [5.41, 5.74) is 5.73. The molecule has 0 saturated heterocycles. The van der Waals surface area contributed by atoms with Gasteiger partial charge in [0.05, 0.1) is 6.61 Å². The zero-order valence-corrected chi connectivity index (χ0v) is 27.1. The van der Waals surface area contributed by atoms with E-state index in [-0.39, 0.29) is 34.8 Å². The van der Waals surface area contributed by atoms with E-state index in [2.05, 4.69) is 52.2 Å². The molecular formula is C38H46FNO4. The molecule has 0 aromatic heterocycles. The van der Waals surface area contributed by atoms with Gasteiger partial charge in [0, 0.05) is 53.4 Å². The average molecular weight is 600 g/mol. The lowest BCUT2D eigenvalue weighted by molar-refractivity contribution is -0.119. The van der Waals surface area contributed by atoms with Crippen LogP contribution in [-0.2, 0) is 22.6 Å². The predicted molar refractivity (Wildman–Crippen MR) is 172 cm³/mol. The number of allylic oxidation sites excluding steroid dienone is 5. The van der Waals surface area contributed by atoms with Gasteiger partial charge >= 0.3 is 0 Å². The minimum absolute atomic E-state index is 0.112. The summed E-state index contributed by atoms with van der Waals surface area (Å²) >= 11 is 0. The molecule has 5 nitrogen and oxygen atoms in total. The van der Waals surface area contributed by atoms with E-state index < -0.39 is 5.92 Å². The fourth-order valence-corrected chi connectivity index (χ4v) is 7.24. The number of Topliss-reactive ketones (excluding diaryl/α,β-unsaturated/α-hetero) is 2. The lowest BCUT2D eigenvalue weighted by Gasteiger charge is -2.49. The number of carbonyl (C=O) groups excluding carboxylic acids is 2. The Hall–Kier alpha value is -3.67. The smallest absolute Gasteiger partial charge is 0.165 e. The van der Waals surface area contributed by atoms with Crippen molar-refractivity contribution >= 4 is 11.6 Å². The highest BCUT2D eigenvalue weighted by atomic mass is 19.1. The van der Waals surface area contributed by atoms with Crippen LogP contribution < -0.4 is 9.47 Å². The molecule has 6 heteroatoms. The van der Waals surface area contributed by atoms with Crippen molar-refractivity contribution < 1.29 is 23.5 Å². The van der Waals surface area contributed by atoms with E-state index in [1.54, 1.807) is 6.07 Å². The van der Waals surface area contributed by atoms with Crippen LogP contribution in [0.15, 0.2) is 71.6 Å². The number of hydrogen-bond acceptors (Lipinski definition) is 5. The monoisotopic (exact) mass is 599 g/mol. The molecule has 1 aliphatic heterocycles. The molecule has 44 heavy (non-hydrogen) atoms. The minimum atomic E-state index is -0.472. The Balaban J connectivity index is 1.71. The summed E-state index contributed by atoms with van der Waals surface area (Å²) in [5.74, 6) is 0.549. The van der Waals surface area contributed by atoms with Crippen LogP contribution in [0.3, 0.4) is 0 Å². The Morgan fingerprint density at radius 1 is 0.932 bits per heavy atom.